The van der Waals surface area contributed by atoms with Gasteiger partial charge in [0.15, 0.2) is 5.78 Å². The number of carbonyl (C=O) groups is 4. The molecule has 5 aromatic rings. The van der Waals surface area contributed by atoms with E-state index in [9.17, 15) is 9.90 Å². The molecule has 51 heavy (non-hydrogen) atoms. The van der Waals surface area contributed by atoms with Crippen LogP contribution in [-0.4, -0.2) is 42.9 Å². The molecule has 1 saturated carbocycles. The molecule has 2 bridgehead atoms. The van der Waals surface area contributed by atoms with Crippen LogP contribution in [0.2, 0.25) is 5.02 Å². The maximum Gasteiger partial charge on any atom is 0.337 e. The number of methoxy groups -OCH3 is 2. The van der Waals surface area contributed by atoms with E-state index in [1.165, 1.54) is 18.2 Å². The first-order chi connectivity index (χ1) is 24.7. The number of aromatic carboxylic acids is 1. The Bertz CT molecular complexity index is 2160. The molecule has 4 atom stereocenters. The molecule has 9 heteroatoms. The van der Waals surface area contributed by atoms with Gasteiger partial charge in [-0.15, -0.1) is 0 Å². The summed E-state index contributed by atoms with van der Waals surface area (Å²) in [5.74, 6) is -3.91. The highest BCUT2D eigenvalue weighted by Gasteiger charge is 2.82. The Morgan fingerprint density at radius 3 is 1.47 bits per heavy atom. The summed E-state index contributed by atoms with van der Waals surface area (Å²) in [6.07, 6.45) is 0. The maximum atomic E-state index is 16.1. The number of halogens is 1. The van der Waals surface area contributed by atoms with Gasteiger partial charge in [-0.3, -0.25) is 14.4 Å². The number of carbonyl (C=O) groups excluding carboxylic acids is 3. The number of benzene rings is 5. The van der Waals surface area contributed by atoms with Crippen LogP contribution in [0, 0.1) is 11.8 Å². The lowest BCUT2D eigenvalue weighted by atomic mass is 9.59. The van der Waals surface area contributed by atoms with E-state index in [1.807, 2.05) is 109 Å². The summed E-state index contributed by atoms with van der Waals surface area (Å²) in [4.78, 5) is 59.6. The molecule has 0 aromatic heterocycles. The Labute approximate surface area is 298 Å². The fraction of sp³-hybridized carbons (Fsp3) is 0.143. The number of ether oxygens (including phenoxy) is 2. The number of carboxylic acid groups (broad SMARTS) is 1. The largest absolute Gasteiger partial charge is 0.497 e. The molecule has 8 nitrogen and oxygen atoms in total. The van der Waals surface area contributed by atoms with Crippen molar-refractivity contribution in [3.8, 4) is 11.5 Å². The molecule has 1 saturated heterocycles. The molecule has 0 spiro atoms. The van der Waals surface area contributed by atoms with E-state index in [2.05, 4.69) is 0 Å². The van der Waals surface area contributed by atoms with Crippen LogP contribution in [0.3, 0.4) is 0 Å². The van der Waals surface area contributed by atoms with Gasteiger partial charge in [0.1, 0.15) is 11.5 Å². The third-order valence-electron chi connectivity index (χ3n) is 10.6. The summed E-state index contributed by atoms with van der Waals surface area (Å²) in [7, 11) is 3.14. The van der Waals surface area contributed by atoms with Gasteiger partial charge in [0, 0.05) is 0 Å². The third kappa shape index (κ3) is 4.26. The number of amides is 2. The smallest absolute Gasteiger partial charge is 0.337 e. The average Bonchev–Trinajstić information content (AvgIpc) is 3.68. The summed E-state index contributed by atoms with van der Waals surface area (Å²) >= 11 is 6.22. The third-order valence-corrected chi connectivity index (χ3v) is 11.0. The zero-order valence-corrected chi connectivity index (χ0v) is 28.3. The first kappa shape index (κ1) is 32.2. The molecule has 252 valence electrons. The van der Waals surface area contributed by atoms with Gasteiger partial charge in [-0.05, 0) is 75.9 Å². The maximum absolute atomic E-state index is 16.1. The molecule has 5 aromatic carbocycles. The Morgan fingerprint density at radius 1 is 0.647 bits per heavy atom. The van der Waals surface area contributed by atoms with Crippen molar-refractivity contribution in [1.29, 1.82) is 0 Å². The molecule has 8 rings (SSSR count). The second-order valence-electron chi connectivity index (χ2n) is 12.8. The highest BCUT2D eigenvalue weighted by Crippen LogP contribution is 2.74. The lowest BCUT2D eigenvalue weighted by Crippen LogP contribution is -2.45. The van der Waals surface area contributed by atoms with E-state index < -0.39 is 40.4 Å². The number of rotatable bonds is 8. The van der Waals surface area contributed by atoms with Gasteiger partial charge in [-0.1, -0.05) is 96.5 Å². The molecule has 2 amide bonds. The van der Waals surface area contributed by atoms with Gasteiger partial charge >= 0.3 is 5.97 Å². The van der Waals surface area contributed by atoms with E-state index in [4.69, 9.17) is 21.1 Å². The number of carboxylic acids is 1. The lowest BCUT2D eigenvalue weighted by molar-refractivity contribution is -0.130. The normalized spacial score (nSPS) is 23.5. The van der Waals surface area contributed by atoms with Gasteiger partial charge in [-0.2, -0.15) is 0 Å². The standard InChI is InChI=1S/C42H30ClNO7/c1-50-29-18-13-24(14-19-29)33-34(25-15-20-30(51-2)21-16-25)42(27-11-7-4-8-12-27)36-35(41(33,40(42)49)26-9-5-3-6-10-26)37(45)44(38(36)46)28-17-22-32(43)31(23-28)39(47)48/h3-23,35-36H,1-2H3,(H,47,48)/t35-,36-,41+,42+/m0/s1. The van der Waals surface area contributed by atoms with Gasteiger partial charge in [0.05, 0.1) is 53.2 Å². The summed E-state index contributed by atoms with van der Waals surface area (Å²) in [5.41, 5.74) is 0.300. The Kier molecular flexibility index (Phi) is 7.47. The second-order valence-corrected chi connectivity index (χ2v) is 13.2. The Hall–Kier alpha value is -5.99. The molecule has 0 unspecified atom stereocenters. The van der Waals surface area contributed by atoms with Crippen molar-refractivity contribution in [2.24, 2.45) is 11.8 Å². The number of nitrogens with zero attached hydrogens (tertiary/aromatic N) is 1. The van der Waals surface area contributed by atoms with Gasteiger partial charge < -0.3 is 14.6 Å². The first-order valence-electron chi connectivity index (χ1n) is 16.3. The SMILES string of the molecule is COc1ccc(C2=C(c3ccc(OC)cc3)[C@@]3(c4ccccc4)C(=O)[C@@]2(c2ccccc2)[C@@H]2C(=O)N(c4ccc(Cl)c(C(=O)O)c4)C(=O)[C@H]23)cc1. The van der Waals surface area contributed by atoms with E-state index in [0.717, 1.165) is 4.90 Å². The number of fused-ring (bicyclic) bond motifs is 5. The highest BCUT2D eigenvalue weighted by atomic mass is 35.5. The van der Waals surface area contributed by atoms with Crippen LogP contribution in [0.25, 0.3) is 11.1 Å². The zero-order chi connectivity index (χ0) is 35.7. The summed E-state index contributed by atoms with van der Waals surface area (Å²) in [6, 6.07) is 37.1. The van der Waals surface area contributed by atoms with Gasteiger partial charge in [0.2, 0.25) is 11.8 Å². The van der Waals surface area contributed by atoms with Gasteiger partial charge in [-0.25, -0.2) is 9.69 Å². The van der Waals surface area contributed by atoms with Crippen molar-refractivity contribution in [1.82, 2.24) is 0 Å². The quantitative estimate of drug-likeness (QED) is 0.170. The molecular weight excluding hydrogens is 666 g/mol. The van der Waals surface area contributed by atoms with Gasteiger partial charge in [0.25, 0.3) is 0 Å². The number of imide groups is 1. The summed E-state index contributed by atoms with van der Waals surface area (Å²) < 4.78 is 11.0. The van der Waals surface area contributed by atoms with Crippen molar-refractivity contribution >= 4 is 52.0 Å². The van der Waals surface area contributed by atoms with Crippen LogP contribution >= 0.6 is 11.6 Å². The second kappa shape index (κ2) is 11.8. The molecule has 1 heterocycles. The minimum Gasteiger partial charge on any atom is -0.497 e. The molecule has 3 aliphatic rings. The summed E-state index contributed by atoms with van der Waals surface area (Å²) in [5, 5.41) is 9.85. The van der Waals surface area contributed by atoms with Crippen LogP contribution in [0.1, 0.15) is 32.6 Å². The lowest BCUT2D eigenvalue weighted by Gasteiger charge is -2.39. The van der Waals surface area contributed by atoms with Crippen LogP contribution in [-0.2, 0) is 25.2 Å². The van der Waals surface area contributed by atoms with E-state index >= 15 is 14.4 Å². The van der Waals surface area contributed by atoms with E-state index in [-0.39, 0.29) is 22.1 Å². The minimum atomic E-state index is -1.63. The number of anilines is 1. The number of ketones is 1. The van der Waals surface area contributed by atoms with Crippen LogP contribution in [0.5, 0.6) is 11.5 Å². The number of allylic oxidation sites excluding steroid dienone is 2. The molecule has 1 N–H and O–H groups in total. The Balaban J connectivity index is 1.52. The topological polar surface area (TPSA) is 110 Å². The Morgan fingerprint density at radius 2 is 1.08 bits per heavy atom. The monoisotopic (exact) mass is 695 g/mol. The molecular formula is C42H30ClNO7. The van der Waals surface area contributed by atoms with Crippen LogP contribution in [0.15, 0.2) is 127 Å². The van der Waals surface area contributed by atoms with Crippen molar-refractivity contribution in [2.45, 2.75) is 10.8 Å². The van der Waals surface area contributed by atoms with E-state index in [0.29, 0.717) is 44.9 Å². The zero-order valence-electron chi connectivity index (χ0n) is 27.5. The number of Topliss-reactive ketones (excluding diaryl/α,β-unsaturated/α-hetero) is 1. The first-order valence-corrected chi connectivity index (χ1v) is 16.7. The molecule has 2 fully saturated rings. The fourth-order valence-electron chi connectivity index (χ4n) is 8.71. The fourth-order valence-corrected chi connectivity index (χ4v) is 8.91. The highest BCUT2D eigenvalue weighted by molar-refractivity contribution is 6.39. The predicted octanol–water partition coefficient (Wildman–Crippen LogP) is 7.24. The predicted molar refractivity (Wildman–Crippen MR) is 192 cm³/mol. The minimum absolute atomic E-state index is 0.0347. The van der Waals surface area contributed by atoms with Crippen molar-refractivity contribution in [3.05, 3.63) is 160 Å². The van der Waals surface area contributed by atoms with Crippen LogP contribution in [0.4, 0.5) is 5.69 Å². The molecule has 2 aliphatic carbocycles. The van der Waals surface area contributed by atoms with E-state index in [1.54, 1.807) is 14.2 Å². The van der Waals surface area contributed by atoms with Crippen molar-refractivity contribution < 1.29 is 33.8 Å². The van der Waals surface area contributed by atoms with Crippen molar-refractivity contribution in [2.75, 3.05) is 19.1 Å². The number of hydrogen-bond acceptors (Lipinski definition) is 6. The van der Waals surface area contributed by atoms with Crippen LogP contribution < -0.4 is 14.4 Å². The molecule has 1 aliphatic heterocycles. The average molecular weight is 696 g/mol. The van der Waals surface area contributed by atoms with Crippen molar-refractivity contribution in [3.63, 3.8) is 0 Å². The summed E-state index contributed by atoms with van der Waals surface area (Å²) in [6.45, 7) is 0. The number of hydrogen-bond donors (Lipinski definition) is 1. The molecule has 0 radical (unpaired) electrons.